The third kappa shape index (κ3) is 5.72. The number of carbonyl (C=O) groups excluding carboxylic acids is 1. The highest BCUT2D eigenvalue weighted by Crippen LogP contribution is 2.38. The lowest BCUT2D eigenvalue weighted by Gasteiger charge is -2.44. The molecule has 1 saturated heterocycles. The SMILES string of the molecule is COc1cc2nc(N(C)CC3(c4ccccc4)CCN(C(=O)CC(C)(C)O)CC3)nc(N)c2cc1OC. The second-order valence-corrected chi connectivity index (χ2v) is 10.5. The van der Waals surface area contributed by atoms with Gasteiger partial charge < -0.3 is 30.1 Å². The number of amides is 1. The smallest absolute Gasteiger partial charge is 0.227 e. The van der Waals surface area contributed by atoms with Crippen molar-refractivity contribution in [1.29, 1.82) is 0 Å². The van der Waals surface area contributed by atoms with Gasteiger partial charge in [-0.05, 0) is 38.3 Å². The first-order valence-corrected chi connectivity index (χ1v) is 12.5. The number of carbonyl (C=O) groups is 1. The number of anilines is 2. The van der Waals surface area contributed by atoms with Crippen LogP contribution in [0.3, 0.4) is 0 Å². The summed E-state index contributed by atoms with van der Waals surface area (Å²) in [6.45, 7) is 5.23. The van der Waals surface area contributed by atoms with Gasteiger partial charge in [0.15, 0.2) is 11.5 Å². The number of likely N-dealkylation sites (tertiary alicyclic amines) is 1. The van der Waals surface area contributed by atoms with E-state index in [9.17, 15) is 9.90 Å². The van der Waals surface area contributed by atoms with Crippen LogP contribution in [-0.4, -0.2) is 72.4 Å². The number of rotatable bonds is 8. The Hall–Kier alpha value is -3.59. The number of nitrogen functional groups attached to an aromatic ring is 1. The van der Waals surface area contributed by atoms with E-state index in [1.54, 1.807) is 34.1 Å². The van der Waals surface area contributed by atoms with Crippen LogP contribution in [0.1, 0.15) is 38.7 Å². The summed E-state index contributed by atoms with van der Waals surface area (Å²) in [6, 6.07) is 14.0. The zero-order valence-electron chi connectivity index (χ0n) is 22.3. The van der Waals surface area contributed by atoms with Gasteiger partial charge in [0.2, 0.25) is 11.9 Å². The molecule has 1 fully saturated rings. The van der Waals surface area contributed by atoms with Gasteiger partial charge in [0.25, 0.3) is 0 Å². The molecule has 0 radical (unpaired) electrons. The maximum Gasteiger partial charge on any atom is 0.227 e. The molecule has 9 nitrogen and oxygen atoms in total. The second kappa shape index (κ2) is 10.4. The maximum atomic E-state index is 12.8. The quantitative estimate of drug-likeness (QED) is 0.477. The van der Waals surface area contributed by atoms with Crippen molar-refractivity contribution in [3.63, 3.8) is 0 Å². The topological polar surface area (TPSA) is 114 Å². The molecule has 3 N–H and O–H groups in total. The Balaban J connectivity index is 1.62. The van der Waals surface area contributed by atoms with Crippen LogP contribution in [0.2, 0.25) is 0 Å². The number of fused-ring (bicyclic) bond motifs is 1. The lowest BCUT2D eigenvalue weighted by Crippen LogP contribution is -2.50. The summed E-state index contributed by atoms with van der Waals surface area (Å²) in [7, 11) is 5.14. The first-order valence-electron chi connectivity index (χ1n) is 12.5. The van der Waals surface area contributed by atoms with Gasteiger partial charge in [-0.25, -0.2) is 4.98 Å². The Morgan fingerprint density at radius 2 is 1.73 bits per heavy atom. The van der Waals surface area contributed by atoms with Crippen LogP contribution >= 0.6 is 0 Å². The number of hydrogen-bond acceptors (Lipinski definition) is 8. The molecule has 2 aromatic carbocycles. The molecular weight excluding hydrogens is 470 g/mol. The zero-order valence-corrected chi connectivity index (χ0v) is 22.3. The van der Waals surface area contributed by atoms with Crippen LogP contribution in [0, 0.1) is 0 Å². The Kier molecular flexibility index (Phi) is 7.45. The van der Waals surface area contributed by atoms with E-state index in [2.05, 4.69) is 17.1 Å². The molecule has 3 aromatic rings. The highest BCUT2D eigenvalue weighted by Gasteiger charge is 2.39. The van der Waals surface area contributed by atoms with Gasteiger partial charge >= 0.3 is 0 Å². The fourth-order valence-corrected chi connectivity index (χ4v) is 5.16. The molecule has 4 rings (SSSR count). The predicted molar refractivity (Wildman–Crippen MR) is 145 cm³/mol. The van der Waals surface area contributed by atoms with E-state index < -0.39 is 5.60 Å². The average molecular weight is 508 g/mol. The summed E-state index contributed by atoms with van der Waals surface area (Å²) in [5.41, 5.74) is 7.02. The Bertz CT molecular complexity index is 1250. The summed E-state index contributed by atoms with van der Waals surface area (Å²) < 4.78 is 10.9. The number of nitrogens with zero attached hydrogens (tertiary/aromatic N) is 4. The largest absolute Gasteiger partial charge is 0.493 e. The Morgan fingerprint density at radius 1 is 1.11 bits per heavy atom. The molecule has 1 amide bonds. The highest BCUT2D eigenvalue weighted by atomic mass is 16.5. The molecule has 0 saturated carbocycles. The van der Waals surface area contributed by atoms with Crippen molar-refractivity contribution in [3.8, 4) is 11.5 Å². The summed E-state index contributed by atoms with van der Waals surface area (Å²) in [5, 5.41) is 10.8. The number of methoxy groups -OCH3 is 2. The second-order valence-electron chi connectivity index (χ2n) is 10.5. The molecule has 0 aliphatic carbocycles. The van der Waals surface area contributed by atoms with Crippen molar-refractivity contribution in [2.75, 3.05) is 51.5 Å². The molecule has 0 bridgehead atoms. The normalized spacial score (nSPS) is 15.5. The van der Waals surface area contributed by atoms with Crippen LogP contribution in [0.4, 0.5) is 11.8 Å². The fraction of sp³-hybridized carbons (Fsp3) is 0.464. The average Bonchev–Trinajstić information content (AvgIpc) is 2.87. The lowest BCUT2D eigenvalue weighted by molar-refractivity contribution is -0.136. The van der Waals surface area contributed by atoms with E-state index in [-0.39, 0.29) is 17.7 Å². The standard InChI is InChI=1S/C28H37N5O4/c1-27(2,35)17-24(34)33-13-11-28(12-14-33,19-9-7-6-8-10-19)18-32(3)26-30-21-16-23(37-5)22(36-4)15-20(21)25(29)31-26/h6-10,15-16,35H,11-14,17-18H2,1-5H3,(H2,29,30,31). The minimum absolute atomic E-state index is 0.0162. The number of benzene rings is 2. The predicted octanol–water partition coefficient (Wildman–Crippen LogP) is 3.39. The van der Waals surface area contributed by atoms with Crippen molar-refractivity contribution in [2.24, 2.45) is 0 Å². The third-order valence-electron chi connectivity index (χ3n) is 7.14. The van der Waals surface area contributed by atoms with E-state index in [0.717, 1.165) is 12.8 Å². The summed E-state index contributed by atoms with van der Waals surface area (Å²) in [4.78, 5) is 26.1. The number of ether oxygens (including phenoxy) is 2. The van der Waals surface area contributed by atoms with Gasteiger partial charge in [0.1, 0.15) is 5.82 Å². The highest BCUT2D eigenvalue weighted by molar-refractivity contribution is 5.91. The number of nitrogens with two attached hydrogens (primary N) is 1. The van der Waals surface area contributed by atoms with Crippen molar-refractivity contribution in [2.45, 2.75) is 44.1 Å². The van der Waals surface area contributed by atoms with Crippen LogP contribution < -0.4 is 20.1 Å². The molecular formula is C28H37N5O4. The van der Waals surface area contributed by atoms with Crippen molar-refractivity contribution in [3.05, 3.63) is 48.0 Å². The summed E-state index contributed by atoms with van der Waals surface area (Å²) in [6.07, 6.45) is 1.68. The van der Waals surface area contributed by atoms with Crippen molar-refractivity contribution in [1.82, 2.24) is 14.9 Å². The third-order valence-corrected chi connectivity index (χ3v) is 7.14. The van der Waals surface area contributed by atoms with E-state index in [4.69, 9.17) is 20.2 Å². The van der Waals surface area contributed by atoms with Gasteiger partial charge in [-0.15, -0.1) is 0 Å². The first-order chi connectivity index (χ1) is 17.5. The number of likely N-dealkylation sites (N-methyl/N-ethyl adjacent to an activating group) is 1. The van der Waals surface area contributed by atoms with Crippen LogP contribution in [0.15, 0.2) is 42.5 Å². The van der Waals surface area contributed by atoms with Gasteiger partial charge in [-0.3, -0.25) is 4.79 Å². The number of aromatic nitrogens is 2. The molecule has 1 aromatic heterocycles. The van der Waals surface area contributed by atoms with Crippen molar-refractivity contribution >= 4 is 28.6 Å². The Morgan fingerprint density at radius 3 is 2.32 bits per heavy atom. The number of aliphatic hydroxyl groups is 1. The van der Waals surface area contributed by atoms with Crippen LogP contribution in [-0.2, 0) is 10.2 Å². The number of piperidine rings is 1. The molecule has 1 aliphatic heterocycles. The Labute approximate surface area is 218 Å². The van der Waals surface area contributed by atoms with E-state index in [1.165, 1.54) is 5.56 Å². The molecule has 1 aliphatic rings. The van der Waals surface area contributed by atoms with E-state index in [0.29, 0.717) is 53.8 Å². The van der Waals surface area contributed by atoms with Gasteiger partial charge in [0, 0.05) is 43.5 Å². The first kappa shape index (κ1) is 26.5. The minimum Gasteiger partial charge on any atom is -0.493 e. The van der Waals surface area contributed by atoms with E-state index >= 15 is 0 Å². The molecule has 0 unspecified atom stereocenters. The van der Waals surface area contributed by atoms with Gasteiger partial charge in [0.05, 0.1) is 31.8 Å². The zero-order chi connectivity index (χ0) is 26.8. The molecule has 0 spiro atoms. The summed E-state index contributed by atoms with van der Waals surface area (Å²) in [5.74, 6) is 2.02. The van der Waals surface area contributed by atoms with Gasteiger partial charge in [-0.2, -0.15) is 4.98 Å². The van der Waals surface area contributed by atoms with Gasteiger partial charge in [-0.1, -0.05) is 30.3 Å². The molecule has 37 heavy (non-hydrogen) atoms. The molecule has 0 atom stereocenters. The van der Waals surface area contributed by atoms with E-state index in [1.807, 2.05) is 41.1 Å². The van der Waals surface area contributed by atoms with Crippen molar-refractivity contribution < 1.29 is 19.4 Å². The van der Waals surface area contributed by atoms with Crippen LogP contribution in [0.5, 0.6) is 11.5 Å². The maximum absolute atomic E-state index is 12.8. The minimum atomic E-state index is -1.02. The summed E-state index contributed by atoms with van der Waals surface area (Å²) >= 11 is 0. The number of hydrogen-bond donors (Lipinski definition) is 2. The molecule has 2 heterocycles. The lowest BCUT2D eigenvalue weighted by atomic mass is 9.72. The monoisotopic (exact) mass is 507 g/mol. The molecule has 198 valence electrons. The van der Waals surface area contributed by atoms with Crippen LogP contribution in [0.25, 0.3) is 10.9 Å². The fourth-order valence-electron chi connectivity index (χ4n) is 5.16. The molecule has 9 heteroatoms.